The Labute approximate surface area is 198 Å². The predicted molar refractivity (Wildman–Crippen MR) is 130 cm³/mol. The molecule has 33 heavy (non-hydrogen) atoms. The number of aromatic nitrogens is 3. The molecule has 2 N–H and O–H groups in total. The van der Waals surface area contributed by atoms with Crippen molar-refractivity contribution in [3.8, 4) is 5.75 Å². The maximum atomic E-state index is 12.7. The summed E-state index contributed by atoms with van der Waals surface area (Å²) in [6, 6.07) is 12.7. The molecule has 0 aliphatic heterocycles. The molecule has 3 rings (SSSR count). The predicted octanol–water partition coefficient (Wildman–Crippen LogP) is 4.15. The molecular weight excluding hydrogens is 438 g/mol. The molecule has 0 fully saturated rings. The van der Waals surface area contributed by atoms with Gasteiger partial charge in [-0.15, -0.1) is 10.2 Å². The van der Waals surface area contributed by atoms with Gasteiger partial charge in [0.1, 0.15) is 5.75 Å². The van der Waals surface area contributed by atoms with Crippen molar-refractivity contribution in [2.75, 3.05) is 18.2 Å². The van der Waals surface area contributed by atoms with Crippen LogP contribution in [0.4, 0.5) is 5.69 Å². The number of methoxy groups -OCH3 is 1. The number of anilines is 1. The summed E-state index contributed by atoms with van der Waals surface area (Å²) in [5, 5.41) is 15.0. The molecule has 1 aromatic heterocycles. The van der Waals surface area contributed by atoms with Crippen LogP contribution in [0.1, 0.15) is 47.2 Å². The molecule has 3 aromatic rings. The van der Waals surface area contributed by atoms with E-state index >= 15 is 0 Å². The Balaban J connectivity index is 1.65. The zero-order valence-corrected chi connectivity index (χ0v) is 20.3. The Morgan fingerprint density at radius 3 is 2.61 bits per heavy atom. The van der Waals surface area contributed by atoms with E-state index < -0.39 is 0 Å². The highest BCUT2D eigenvalue weighted by molar-refractivity contribution is 7.99. The SMILES string of the molecule is CCn1c(SCC(=O)Nc2cc(C)ccc2OC)nnc1[C@H](C)NC(=O)c1ccccc1C. The van der Waals surface area contributed by atoms with Crippen molar-refractivity contribution in [3.63, 3.8) is 0 Å². The second kappa shape index (κ2) is 11.0. The number of ether oxygens (including phenoxy) is 1. The van der Waals surface area contributed by atoms with Crippen molar-refractivity contribution >= 4 is 29.3 Å². The summed E-state index contributed by atoms with van der Waals surface area (Å²) >= 11 is 1.30. The van der Waals surface area contributed by atoms with Crippen LogP contribution in [-0.4, -0.2) is 39.4 Å². The first-order valence-electron chi connectivity index (χ1n) is 10.7. The van der Waals surface area contributed by atoms with Gasteiger partial charge in [0, 0.05) is 12.1 Å². The summed E-state index contributed by atoms with van der Waals surface area (Å²) in [5.74, 6) is 1.09. The fourth-order valence-corrected chi connectivity index (χ4v) is 4.24. The number of nitrogens with one attached hydrogen (secondary N) is 2. The van der Waals surface area contributed by atoms with Gasteiger partial charge in [-0.05, 0) is 57.0 Å². The lowest BCUT2D eigenvalue weighted by molar-refractivity contribution is -0.113. The number of carbonyl (C=O) groups is 2. The summed E-state index contributed by atoms with van der Waals surface area (Å²) in [5.41, 5.74) is 3.19. The van der Waals surface area contributed by atoms with Gasteiger partial charge in [0.15, 0.2) is 11.0 Å². The van der Waals surface area contributed by atoms with Crippen LogP contribution in [0.3, 0.4) is 0 Å². The molecule has 0 bridgehead atoms. The van der Waals surface area contributed by atoms with Crippen molar-refractivity contribution in [2.24, 2.45) is 0 Å². The summed E-state index contributed by atoms with van der Waals surface area (Å²) in [4.78, 5) is 25.2. The lowest BCUT2D eigenvalue weighted by Crippen LogP contribution is -2.29. The second-order valence-electron chi connectivity index (χ2n) is 7.64. The van der Waals surface area contributed by atoms with Crippen LogP contribution < -0.4 is 15.4 Å². The first kappa shape index (κ1) is 24.3. The number of nitrogens with zero attached hydrogens (tertiary/aromatic N) is 3. The maximum Gasteiger partial charge on any atom is 0.252 e. The molecule has 0 aliphatic carbocycles. The summed E-state index contributed by atoms with van der Waals surface area (Å²) in [6.07, 6.45) is 0. The number of carbonyl (C=O) groups excluding carboxylic acids is 2. The molecule has 0 spiro atoms. The molecule has 1 atom stereocenters. The van der Waals surface area contributed by atoms with Gasteiger partial charge in [-0.25, -0.2) is 0 Å². The fourth-order valence-electron chi connectivity index (χ4n) is 3.43. The van der Waals surface area contributed by atoms with E-state index in [4.69, 9.17) is 4.74 Å². The quantitative estimate of drug-likeness (QED) is 0.459. The van der Waals surface area contributed by atoms with Crippen LogP contribution in [-0.2, 0) is 11.3 Å². The van der Waals surface area contributed by atoms with Gasteiger partial charge >= 0.3 is 0 Å². The Morgan fingerprint density at radius 2 is 1.91 bits per heavy atom. The van der Waals surface area contributed by atoms with Crippen molar-refractivity contribution in [3.05, 3.63) is 65.0 Å². The average Bonchev–Trinajstić information content (AvgIpc) is 3.21. The normalized spacial score (nSPS) is 11.7. The molecule has 2 amide bonds. The smallest absolute Gasteiger partial charge is 0.252 e. The highest BCUT2D eigenvalue weighted by Gasteiger charge is 2.21. The number of benzene rings is 2. The minimum absolute atomic E-state index is 0.160. The van der Waals surface area contributed by atoms with Crippen molar-refractivity contribution < 1.29 is 14.3 Å². The standard InChI is InChI=1S/C24H29N5O3S/c1-6-29-22(17(4)25-23(31)18-10-8-7-9-16(18)3)27-28-24(29)33-14-21(30)26-19-13-15(2)11-12-20(19)32-5/h7-13,17H,6,14H2,1-5H3,(H,25,31)(H,26,30)/t17-/m0/s1. The first-order valence-corrected chi connectivity index (χ1v) is 11.7. The summed E-state index contributed by atoms with van der Waals surface area (Å²) < 4.78 is 7.23. The monoisotopic (exact) mass is 467 g/mol. The van der Waals surface area contributed by atoms with Crippen LogP contribution in [0.2, 0.25) is 0 Å². The molecule has 9 heteroatoms. The highest BCUT2D eigenvalue weighted by atomic mass is 32.2. The van der Waals surface area contributed by atoms with E-state index in [0.29, 0.717) is 34.5 Å². The molecule has 174 valence electrons. The Kier molecular flexibility index (Phi) is 8.11. The van der Waals surface area contributed by atoms with E-state index in [1.807, 2.05) is 68.7 Å². The topological polar surface area (TPSA) is 98.1 Å². The van der Waals surface area contributed by atoms with Gasteiger partial charge in [-0.2, -0.15) is 0 Å². The largest absolute Gasteiger partial charge is 0.495 e. The lowest BCUT2D eigenvalue weighted by Gasteiger charge is -2.16. The van der Waals surface area contributed by atoms with Gasteiger partial charge in [0.05, 0.1) is 24.6 Å². The molecule has 8 nitrogen and oxygen atoms in total. The van der Waals surface area contributed by atoms with E-state index in [9.17, 15) is 9.59 Å². The average molecular weight is 468 g/mol. The van der Waals surface area contributed by atoms with E-state index in [1.165, 1.54) is 11.8 Å². The molecule has 0 aliphatic rings. The number of amides is 2. The molecule has 0 saturated heterocycles. The van der Waals surface area contributed by atoms with Crippen molar-refractivity contribution in [2.45, 2.75) is 45.4 Å². The Hall–Kier alpha value is -3.33. The van der Waals surface area contributed by atoms with E-state index in [2.05, 4.69) is 20.8 Å². The minimum Gasteiger partial charge on any atom is -0.495 e. The minimum atomic E-state index is -0.343. The molecule has 0 radical (unpaired) electrons. The first-order chi connectivity index (χ1) is 15.8. The van der Waals surface area contributed by atoms with Gasteiger partial charge in [0.25, 0.3) is 5.91 Å². The third-order valence-corrected chi connectivity index (χ3v) is 6.11. The number of hydrogen-bond donors (Lipinski definition) is 2. The summed E-state index contributed by atoms with van der Waals surface area (Å²) in [7, 11) is 1.57. The second-order valence-corrected chi connectivity index (χ2v) is 8.58. The van der Waals surface area contributed by atoms with E-state index in [-0.39, 0.29) is 23.6 Å². The van der Waals surface area contributed by atoms with Crippen LogP contribution in [0.5, 0.6) is 5.75 Å². The molecule has 1 heterocycles. The van der Waals surface area contributed by atoms with E-state index in [0.717, 1.165) is 11.1 Å². The van der Waals surface area contributed by atoms with E-state index in [1.54, 1.807) is 13.2 Å². The molecular formula is C24H29N5O3S. The number of hydrogen-bond acceptors (Lipinski definition) is 6. The van der Waals surface area contributed by atoms with Crippen molar-refractivity contribution in [1.82, 2.24) is 20.1 Å². The lowest BCUT2D eigenvalue weighted by atomic mass is 10.1. The highest BCUT2D eigenvalue weighted by Crippen LogP contribution is 2.26. The molecule has 0 saturated carbocycles. The van der Waals surface area contributed by atoms with Crippen LogP contribution in [0, 0.1) is 13.8 Å². The van der Waals surface area contributed by atoms with Crippen LogP contribution in [0.15, 0.2) is 47.6 Å². The third-order valence-electron chi connectivity index (χ3n) is 5.15. The zero-order chi connectivity index (χ0) is 24.0. The molecule has 2 aromatic carbocycles. The van der Waals surface area contributed by atoms with Crippen LogP contribution >= 0.6 is 11.8 Å². The van der Waals surface area contributed by atoms with Gasteiger partial charge in [-0.3, -0.25) is 9.59 Å². The Morgan fingerprint density at radius 1 is 1.15 bits per heavy atom. The van der Waals surface area contributed by atoms with Gasteiger partial charge in [0.2, 0.25) is 5.91 Å². The molecule has 0 unspecified atom stereocenters. The number of rotatable bonds is 9. The van der Waals surface area contributed by atoms with Gasteiger partial charge < -0.3 is 19.9 Å². The Bertz CT molecular complexity index is 1140. The fraction of sp³-hybridized carbons (Fsp3) is 0.333. The van der Waals surface area contributed by atoms with Gasteiger partial charge in [-0.1, -0.05) is 36.0 Å². The zero-order valence-electron chi connectivity index (χ0n) is 19.5. The summed E-state index contributed by atoms with van der Waals surface area (Å²) in [6.45, 7) is 8.32. The maximum absolute atomic E-state index is 12.7. The number of thioether (sulfide) groups is 1. The van der Waals surface area contributed by atoms with Crippen LogP contribution in [0.25, 0.3) is 0 Å². The third kappa shape index (κ3) is 5.92. The van der Waals surface area contributed by atoms with Crippen molar-refractivity contribution in [1.29, 1.82) is 0 Å². The number of aryl methyl sites for hydroxylation is 2.